The highest BCUT2D eigenvalue weighted by atomic mass is 35.5. The number of halogens is 1. The highest BCUT2D eigenvalue weighted by Crippen LogP contribution is 2.21. The lowest BCUT2D eigenvalue weighted by Crippen LogP contribution is -2.08. The molecule has 0 spiro atoms. The number of aromatic nitrogens is 1. The Labute approximate surface area is 144 Å². The normalized spacial score (nSPS) is 11.8. The van der Waals surface area contributed by atoms with Crippen molar-refractivity contribution >= 4 is 33.5 Å². The number of hydrogen-bond acceptors (Lipinski definition) is 5. The number of carbonyl (C=O) groups is 1. The summed E-state index contributed by atoms with van der Waals surface area (Å²) in [6, 6.07) is 9.80. The molecule has 124 valence electrons. The number of nitrogens with zero attached hydrogens (tertiary/aromatic N) is 2. The molecule has 0 aliphatic rings. The van der Waals surface area contributed by atoms with Gasteiger partial charge in [-0.3, -0.25) is 0 Å². The molecule has 0 fully saturated rings. The van der Waals surface area contributed by atoms with Crippen LogP contribution in [-0.4, -0.2) is 32.3 Å². The SMILES string of the molecule is COC(=O)c1cc(C=C(C#N)S(C)(=O)=O)cn1-c1ccc(Cl)cc1. The van der Waals surface area contributed by atoms with E-state index in [1.807, 2.05) is 0 Å². The topological polar surface area (TPSA) is 89.2 Å². The van der Waals surface area contributed by atoms with Gasteiger partial charge in [0.25, 0.3) is 0 Å². The summed E-state index contributed by atoms with van der Waals surface area (Å²) >= 11 is 5.86. The summed E-state index contributed by atoms with van der Waals surface area (Å²) in [4.78, 5) is 11.6. The molecule has 0 N–H and O–H groups in total. The Hall–Kier alpha value is -2.56. The molecule has 1 heterocycles. The maximum atomic E-state index is 12.0. The number of nitriles is 1. The van der Waals surface area contributed by atoms with Crippen LogP contribution in [-0.2, 0) is 14.6 Å². The molecule has 0 saturated heterocycles. The van der Waals surface area contributed by atoms with E-state index in [4.69, 9.17) is 21.6 Å². The van der Waals surface area contributed by atoms with Crippen molar-refractivity contribution in [1.82, 2.24) is 4.57 Å². The summed E-state index contributed by atoms with van der Waals surface area (Å²) in [5.41, 5.74) is 1.21. The molecule has 0 saturated carbocycles. The number of methoxy groups -OCH3 is 1. The van der Waals surface area contributed by atoms with Crippen LogP contribution in [0.2, 0.25) is 5.02 Å². The van der Waals surface area contributed by atoms with Crippen LogP contribution in [0.25, 0.3) is 11.8 Å². The van der Waals surface area contributed by atoms with Crippen LogP contribution in [0.1, 0.15) is 16.1 Å². The monoisotopic (exact) mass is 364 g/mol. The van der Waals surface area contributed by atoms with Crippen molar-refractivity contribution in [2.75, 3.05) is 13.4 Å². The molecule has 24 heavy (non-hydrogen) atoms. The Balaban J connectivity index is 2.62. The van der Waals surface area contributed by atoms with Gasteiger partial charge >= 0.3 is 5.97 Å². The van der Waals surface area contributed by atoms with E-state index in [9.17, 15) is 13.2 Å². The minimum atomic E-state index is -3.66. The van der Waals surface area contributed by atoms with E-state index in [0.717, 1.165) is 6.26 Å². The first-order valence-electron chi connectivity index (χ1n) is 6.64. The molecule has 0 radical (unpaired) electrons. The first-order chi connectivity index (χ1) is 11.3. The van der Waals surface area contributed by atoms with Crippen LogP contribution in [0, 0.1) is 11.3 Å². The standard InChI is InChI=1S/C16H13ClN2O4S/c1-23-16(20)15-8-11(7-14(9-18)24(2,21)22)10-19(15)13-5-3-12(17)4-6-13/h3-8,10H,1-2H3. The van der Waals surface area contributed by atoms with Crippen molar-refractivity contribution < 1.29 is 17.9 Å². The first-order valence-corrected chi connectivity index (χ1v) is 8.91. The first kappa shape index (κ1) is 17.8. The molecule has 8 heteroatoms. The van der Waals surface area contributed by atoms with E-state index in [2.05, 4.69) is 0 Å². The smallest absolute Gasteiger partial charge is 0.355 e. The molecule has 2 aromatic rings. The molecular weight excluding hydrogens is 352 g/mol. The molecule has 0 aliphatic heterocycles. The van der Waals surface area contributed by atoms with Crippen molar-refractivity contribution in [3.05, 3.63) is 57.7 Å². The number of esters is 1. The molecule has 0 aliphatic carbocycles. The third kappa shape index (κ3) is 3.85. The van der Waals surface area contributed by atoms with Gasteiger partial charge in [-0.15, -0.1) is 0 Å². The molecule has 6 nitrogen and oxygen atoms in total. The predicted molar refractivity (Wildman–Crippen MR) is 90.6 cm³/mol. The van der Waals surface area contributed by atoms with Gasteiger partial charge in [0, 0.05) is 23.2 Å². The molecule has 2 rings (SSSR count). The molecule has 1 aromatic heterocycles. The quantitative estimate of drug-likeness (QED) is 0.614. The predicted octanol–water partition coefficient (Wildman–Crippen LogP) is 2.83. The van der Waals surface area contributed by atoms with Crippen LogP contribution in [0.15, 0.2) is 41.4 Å². The largest absolute Gasteiger partial charge is 0.464 e. The highest BCUT2D eigenvalue weighted by Gasteiger charge is 2.17. The second kappa shape index (κ2) is 6.91. The summed E-state index contributed by atoms with van der Waals surface area (Å²) in [6.07, 6.45) is 3.69. The fourth-order valence-corrected chi connectivity index (χ4v) is 2.65. The average Bonchev–Trinajstić information content (AvgIpc) is 2.95. The second-order valence-corrected chi connectivity index (χ2v) is 7.31. The Kier molecular flexibility index (Phi) is 5.12. The minimum Gasteiger partial charge on any atom is -0.464 e. The van der Waals surface area contributed by atoms with E-state index in [1.54, 1.807) is 30.3 Å². The summed E-state index contributed by atoms with van der Waals surface area (Å²) in [7, 11) is -2.41. The van der Waals surface area contributed by atoms with Gasteiger partial charge in [0.2, 0.25) is 0 Å². The van der Waals surface area contributed by atoms with Crippen molar-refractivity contribution in [2.24, 2.45) is 0 Å². The van der Waals surface area contributed by atoms with Crippen molar-refractivity contribution in [2.45, 2.75) is 0 Å². The van der Waals surface area contributed by atoms with E-state index < -0.39 is 20.7 Å². The lowest BCUT2D eigenvalue weighted by molar-refractivity contribution is 0.0591. The number of allylic oxidation sites excluding steroid dienone is 1. The van der Waals surface area contributed by atoms with Crippen LogP contribution in [0.5, 0.6) is 0 Å². The van der Waals surface area contributed by atoms with Gasteiger partial charge in [0.15, 0.2) is 9.84 Å². The van der Waals surface area contributed by atoms with E-state index in [1.165, 1.54) is 30.0 Å². The average molecular weight is 365 g/mol. The number of rotatable bonds is 4. The van der Waals surface area contributed by atoms with E-state index in [-0.39, 0.29) is 5.69 Å². The number of ether oxygens (including phenoxy) is 1. The van der Waals surface area contributed by atoms with Crippen molar-refractivity contribution in [3.63, 3.8) is 0 Å². The van der Waals surface area contributed by atoms with Crippen LogP contribution in [0.3, 0.4) is 0 Å². The number of benzene rings is 1. The molecule has 0 amide bonds. The lowest BCUT2D eigenvalue weighted by Gasteiger charge is -2.07. The van der Waals surface area contributed by atoms with Crippen LogP contribution in [0.4, 0.5) is 0 Å². The number of hydrogen-bond donors (Lipinski definition) is 0. The van der Waals surface area contributed by atoms with Crippen molar-refractivity contribution in [1.29, 1.82) is 5.26 Å². The Bertz CT molecular complexity index is 951. The summed E-state index contributed by atoms with van der Waals surface area (Å²) < 4.78 is 29.4. The maximum Gasteiger partial charge on any atom is 0.355 e. The van der Waals surface area contributed by atoms with Gasteiger partial charge in [-0.25, -0.2) is 13.2 Å². The molecule has 0 atom stereocenters. The third-order valence-corrected chi connectivity index (χ3v) is 4.41. The van der Waals surface area contributed by atoms with Crippen molar-refractivity contribution in [3.8, 4) is 11.8 Å². The van der Waals surface area contributed by atoms with Gasteiger partial charge in [0.1, 0.15) is 16.7 Å². The lowest BCUT2D eigenvalue weighted by atomic mass is 10.3. The summed E-state index contributed by atoms with van der Waals surface area (Å²) in [5, 5.41) is 9.53. The minimum absolute atomic E-state index is 0.192. The van der Waals surface area contributed by atoms with Crippen LogP contribution >= 0.6 is 11.6 Å². The van der Waals surface area contributed by atoms with Gasteiger partial charge in [0.05, 0.1) is 7.11 Å². The zero-order chi connectivity index (χ0) is 17.9. The molecule has 1 aromatic carbocycles. The Morgan fingerprint density at radius 2 is 1.96 bits per heavy atom. The number of sulfone groups is 1. The van der Waals surface area contributed by atoms with E-state index in [0.29, 0.717) is 16.3 Å². The van der Waals surface area contributed by atoms with E-state index >= 15 is 0 Å². The molecule has 0 unspecified atom stereocenters. The molecular formula is C16H13ClN2O4S. The van der Waals surface area contributed by atoms with Crippen LogP contribution < -0.4 is 0 Å². The summed E-state index contributed by atoms with van der Waals surface area (Å²) in [5.74, 6) is -0.595. The fourth-order valence-electron chi connectivity index (χ4n) is 2.01. The van der Waals surface area contributed by atoms with Gasteiger partial charge in [-0.2, -0.15) is 5.26 Å². The van der Waals surface area contributed by atoms with Gasteiger partial charge in [-0.1, -0.05) is 11.6 Å². The third-order valence-electron chi connectivity index (χ3n) is 3.15. The zero-order valence-corrected chi connectivity index (χ0v) is 14.4. The molecule has 0 bridgehead atoms. The van der Waals surface area contributed by atoms with Gasteiger partial charge < -0.3 is 9.30 Å². The van der Waals surface area contributed by atoms with Gasteiger partial charge in [-0.05, 0) is 42.0 Å². The number of carbonyl (C=O) groups excluding carboxylic acids is 1. The summed E-state index contributed by atoms with van der Waals surface area (Å²) in [6.45, 7) is 0. The zero-order valence-electron chi connectivity index (χ0n) is 12.9. The Morgan fingerprint density at radius 1 is 1.33 bits per heavy atom. The second-order valence-electron chi connectivity index (χ2n) is 4.89. The highest BCUT2D eigenvalue weighted by molar-refractivity contribution is 7.95. The Morgan fingerprint density at radius 3 is 2.46 bits per heavy atom. The maximum absolute atomic E-state index is 12.0. The fraction of sp³-hybridized carbons (Fsp3) is 0.125.